The molecule has 2 aliphatic heterocycles. The summed E-state index contributed by atoms with van der Waals surface area (Å²) in [6.45, 7) is 1.15. The molecule has 1 saturated heterocycles. The third-order valence-electron chi connectivity index (χ3n) is 8.04. The number of rotatable bonds is 7. The van der Waals surface area contributed by atoms with Crippen molar-refractivity contribution in [1.29, 1.82) is 0 Å². The molecule has 2 fully saturated rings. The molecule has 2 N–H and O–H groups in total. The number of benzene rings is 2. The Labute approximate surface area is 230 Å². The van der Waals surface area contributed by atoms with Crippen LogP contribution in [0.4, 0.5) is 0 Å². The lowest BCUT2D eigenvalue weighted by molar-refractivity contribution is -0.142. The Morgan fingerprint density at radius 1 is 1.00 bits per heavy atom. The molecule has 38 heavy (non-hydrogen) atoms. The number of fused-ring (bicyclic) bond motifs is 1. The van der Waals surface area contributed by atoms with E-state index in [1.807, 2.05) is 53.4 Å². The summed E-state index contributed by atoms with van der Waals surface area (Å²) in [6.07, 6.45) is 4.77. The second kappa shape index (κ2) is 12.2. The number of ether oxygens (including phenoxy) is 2. The molecule has 0 aromatic heterocycles. The van der Waals surface area contributed by atoms with Crippen LogP contribution in [0.5, 0.6) is 11.5 Å². The van der Waals surface area contributed by atoms with Crippen molar-refractivity contribution in [2.75, 3.05) is 27.3 Å². The van der Waals surface area contributed by atoms with Gasteiger partial charge in [0.05, 0.1) is 32.0 Å². The van der Waals surface area contributed by atoms with Gasteiger partial charge in [-0.3, -0.25) is 9.59 Å². The molecular weight excluding hydrogens is 504 g/mol. The van der Waals surface area contributed by atoms with E-state index in [9.17, 15) is 9.59 Å². The Morgan fingerprint density at radius 2 is 1.68 bits per heavy atom. The van der Waals surface area contributed by atoms with Crippen LogP contribution in [0.15, 0.2) is 53.6 Å². The minimum Gasteiger partial charge on any atom is -0.493 e. The van der Waals surface area contributed by atoms with Crippen LogP contribution in [0, 0.1) is 11.8 Å². The zero-order chi connectivity index (χ0) is 25.9. The maximum atomic E-state index is 13.5. The van der Waals surface area contributed by atoms with Gasteiger partial charge in [0.2, 0.25) is 11.8 Å². The van der Waals surface area contributed by atoms with Crippen LogP contribution in [0.2, 0.25) is 0 Å². The standard InChI is InChI=1S/C29H36N4O4.ClH/c1-36-25-12-11-20(18-26(25)37-2)27-22-9-6-10-23(22)28(34)33(31-27)21-13-15-32(16-14-21)29(35)24(30)17-19-7-4-3-5-8-19;/h3-5,7-8,11-12,18,21-24H,6,9-10,13-17,30H2,1-2H3;1H/t22?,23?,24-;/m1./s1. The highest BCUT2D eigenvalue weighted by atomic mass is 35.5. The van der Waals surface area contributed by atoms with Crippen LogP contribution in [0.25, 0.3) is 0 Å². The fraction of sp³-hybridized carbons (Fsp3) is 0.483. The van der Waals surface area contributed by atoms with Gasteiger partial charge in [0, 0.05) is 30.5 Å². The van der Waals surface area contributed by atoms with Crippen molar-refractivity contribution < 1.29 is 19.1 Å². The van der Waals surface area contributed by atoms with Gasteiger partial charge in [0.15, 0.2) is 11.5 Å². The van der Waals surface area contributed by atoms with Crippen LogP contribution in [-0.2, 0) is 16.0 Å². The van der Waals surface area contributed by atoms with E-state index in [0.717, 1.165) is 36.1 Å². The van der Waals surface area contributed by atoms with Gasteiger partial charge < -0.3 is 20.1 Å². The Bertz CT molecular complexity index is 1170. The summed E-state index contributed by atoms with van der Waals surface area (Å²) in [6, 6.07) is 15.1. The smallest absolute Gasteiger partial charge is 0.246 e. The highest BCUT2D eigenvalue weighted by Gasteiger charge is 2.45. The molecule has 0 bridgehead atoms. The van der Waals surface area contributed by atoms with Crippen molar-refractivity contribution in [2.45, 2.75) is 50.6 Å². The number of carbonyl (C=O) groups is 2. The fourth-order valence-electron chi connectivity index (χ4n) is 6.04. The SMILES string of the molecule is COc1ccc(C2=NN(C3CCN(C(=O)[C@H](N)Cc4ccccc4)CC3)C(=O)C3CCCC23)cc1OC.Cl. The molecule has 0 spiro atoms. The maximum absolute atomic E-state index is 13.5. The Hall–Kier alpha value is -3.10. The Kier molecular flexibility index (Phi) is 8.95. The zero-order valence-electron chi connectivity index (χ0n) is 22.0. The molecule has 204 valence electrons. The highest BCUT2D eigenvalue weighted by Crippen LogP contribution is 2.41. The monoisotopic (exact) mass is 540 g/mol. The number of methoxy groups -OCH3 is 2. The predicted molar refractivity (Wildman–Crippen MR) is 149 cm³/mol. The van der Waals surface area contributed by atoms with Crippen molar-refractivity contribution in [3.8, 4) is 11.5 Å². The van der Waals surface area contributed by atoms with Gasteiger partial charge in [0.1, 0.15) is 0 Å². The summed E-state index contributed by atoms with van der Waals surface area (Å²) >= 11 is 0. The van der Waals surface area contributed by atoms with Crippen molar-refractivity contribution in [2.24, 2.45) is 22.7 Å². The maximum Gasteiger partial charge on any atom is 0.246 e. The third-order valence-corrected chi connectivity index (χ3v) is 8.04. The van der Waals surface area contributed by atoms with E-state index < -0.39 is 6.04 Å². The normalized spacial score (nSPS) is 22.3. The van der Waals surface area contributed by atoms with Crippen LogP contribution in [0.1, 0.15) is 43.2 Å². The molecule has 5 rings (SSSR count). The molecular formula is C29H37ClN4O4. The number of hydrogen-bond acceptors (Lipinski definition) is 6. The van der Waals surface area contributed by atoms with Gasteiger partial charge in [-0.1, -0.05) is 36.8 Å². The number of amides is 2. The van der Waals surface area contributed by atoms with Gasteiger partial charge in [-0.15, -0.1) is 12.4 Å². The van der Waals surface area contributed by atoms with E-state index in [4.69, 9.17) is 20.3 Å². The minimum absolute atomic E-state index is 0. The van der Waals surface area contributed by atoms with Crippen LogP contribution in [0.3, 0.4) is 0 Å². The Morgan fingerprint density at radius 3 is 2.37 bits per heavy atom. The van der Waals surface area contributed by atoms with Crippen LogP contribution < -0.4 is 15.2 Å². The topological polar surface area (TPSA) is 97.5 Å². The van der Waals surface area contributed by atoms with E-state index >= 15 is 0 Å². The molecule has 8 nitrogen and oxygen atoms in total. The first-order chi connectivity index (χ1) is 18.0. The summed E-state index contributed by atoms with van der Waals surface area (Å²) in [7, 11) is 3.24. The second-order valence-corrected chi connectivity index (χ2v) is 10.2. The number of nitrogens with two attached hydrogens (primary N) is 1. The quantitative estimate of drug-likeness (QED) is 0.578. The van der Waals surface area contributed by atoms with Crippen LogP contribution >= 0.6 is 12.4 Å². The highest BCUT2D eigenvalue weighted by molar-refractivity contribution is 6.07. The fourth-order valence-corrected chi connectivity index (χ4v) is 6.04. The van der Waals surface area contributed by atoms with Gasteiger partial charge in [-0.05, 0) is 55.9 Å². The second-order valence-electron chi connectivity index (χ2n) is 10.2. The number of carbonyl (C=O) groups excluding carboxylic acids is 2. The van der Waals surface area contributed by atoms with E-state index in [-0.39, 0.29) is 42.1 Å². The van der Waals surface area contributed by atoms with E-state index in [0.29, 0.717) is 43.9 Å². The summed E-state index contributed by atoms with van der Waals surface area (Å²) in [5.74, 6) is 1.49. The number of halogens is 1. The first-order valence-electron chi connectivity index (χ1n) is 13.2. The van der Waals surface area contributed by atoms with Crippen LogP contribution in [-0.4, -0.2) is 66.8 Å². The average Bonchev–Trinajstić information content (AvgIpc) is 3.44. The lowest BCUT2D eigenvalue weighted by Gasteiger charge is -2.41. The van der Waals surface area contributed by atoms with E-state index in [1.54, 1.807) is 19.2 Å². The predicted octanol–water partition coefficient (Wildman–Crippen LogP) is 3.65. The molecule has 2 amide bonds. The molecule has 9 heteroatoms. The van der Waals surface area contributed by atoms with Gasteiger partial charge in [0.25, 0.3) is 0 Å². The molecule has 2 aromatic carbocycles. The Balaban J connectivity index is 0.00000336. The zero-order valence-corrected chi connectivity index (χ0v) is 22.9. The number of likely N-dealkylation sites (tertiary alicyclic amines) is 1. The molecule has 3 aliphatic rings. The molecule has 3 atom stereocenters. The number of piperidine rings is 1. The first-order valence-corrected chi connectivity index (χ1v) is 13.2. The lowest BCUT2D eigenvalue weighted by atomic mass is 9.85. The summed E-state index contributed by atoms with van der Waals surface area (Å²) in [5, 5.41) is 6.69. The van der Waals surface area contributed by atoms with Gasteiger partial charge >= 0.3 is 0 Å². The lowest BCUT2D eigenvalue weighted by Crippen LogP contribution is -2.54. The van der Waals surface area contributed by atoms with Gasteiger partial charge in [-0.25, -0.2) is 5.01 Å². The summed E-state index contributed by atoms with van der Waals surface area (Å²) in [4.78, 5) is 28.4. The molecule has 2 heterocycles. The average molecular weight is 541 g/mol. The minimum atomic E-state index is -0.565. The van der Waals surface area contributed by atoms with E-state index in [2.05, 4.69) is 0 Å². The largest absolute Gasteiger partial charge is 0.493 e. The van der Waals surface area contributed by atoms with E-state index in [1.165, 1.54) is 0 Å². The third kappa shape index (κ3) is 5.52. The number of hydrazone groups is 1. The molecule has 0 radical (unpaired) electrons. The summed E-state index contributed by atoms with van der Waals surface area (Å²) < 4.78 is 10.9. The van der Waals surface area contributed by atoms with Crippen molar-refractivity contribution >= 4 is 29.9 Å². The molecule has 1 saturated carbocycles. The first kappa shape index (κ1) is 27.9. The number of hydrogen-bond donors (Lipinski definition) is 1. The molecule has 1 aliphatic carbocycles. The molecule has 2 unspecified atom stereocenters. The van der Waals surface area contributed by atoms with Crippen molar-refractivity contribution in [3.63, 3.8) is 0 Å². The van der Waals surface area contributed by atoms with Crippen molar-refractivity contribution in [1.82, 2.24) is 9.91 Å². The molecule has 2 aromatic rings. The van der Waals surface area contributed by atoms with Gasteiger partial charge in [-0.2, -0.15) is 5.10 Å². The summed E-state index contributed by atoms with van der Waals surface area (Å²) in [5.41, 5.74) is 9.24. The number of nitrogens with zero attached hydrogens (tertiary/aromatic N) is 3. The van der Waals surface area contributed by atoms with Crippen molar-refractivity contribution in [3.05, 3.63) is 59.7 Å².